The minimum absolute atomic E-state index is 0.180. The molecule has 2 rings (SSSR count). The van der Waals surface area contributed by atoms with Crippen molar-refractivity contribution in [2.75, 3.05) is 0 Å². The van der Waals surface area contributed by atoms with Gasteiger partial charge in [0.25, 0.3) is 0 Å². The van der Waals surface area contributed by atoms with Crippen LogP contribution >= 0.6 is 0 Å². The fourth-order valence-electron chi connectivity index (χ4n) is 1.60. The first-order chi connectivity index (χ1) is 7.87. The number of hydrogen-bond acceptors (Lipinski definition) is 3. The standard InChI is InChI=1S/C12H14BNO3/c1-12(2,3)17-11(16)14-5-4-8-6-9(15)7-13-10(8)14/h4-7,15H,1-3H3. The van der Waals surface area contributed by atoms with Gasteiger partial charge in [-0.2, -0.15) is 0 Å². The third kappa shape index (κ3) is 2.49. The van der Waals surface area contributed by atoms with Gasteiger partial charge in [0.1, 0.15) is 0 Å². The van der Waals surface area contributed by atoms with Gasteiger partial charge in [-0.3, -0.25) is 0 Å². The molecule has 2 aromatic heterocycles. The summed E-state index contributed by atoms with van der Waals surface area (Å²) < 4.78 is 6.71. The van der Waals surface area contributed by atoms with Gasteiger partial charge < -0.3 is 0 Å². The summed E-state index contributed by atoms with van der Waals surface area (Å²) in [5.74, 6) is 1.72. The fourth-order valence-corrected chi connectivity index (χ4v) is 1.60. The quantitative estimate of drug-likeness (QED) is 0.757. The number of rotatable bonds is 0. The summed E-state index contributed by atoms with van der Waals surface area (Å²) in [6.45, 7) is 7.15. The summed E-state index contributed by atoms with van der Waals surface area (Å²) in [5, 5.41) is 10.1. The van der Waals surface area contributed by atoms with Gasteiger partial charge in [0.2, 0.25) is 0 Å². The normalized spacial score (nSPS) is 11.5. The number of carbonyl (C=O) groups is 1. The molecule has 0 unspecified atom stereocenters. The molecule has 0 aliphatic heterocycles. The van der Waals surface area contributed by atoms with Crippen LogP contribution < -0.4 is 0 Å². The second kappa shape index (κ2) is 3.91. The SMILES string of the molecule is CC(C)(C)OC(=O)n1ccc2cc(O)cbc21. The predicted molar refractivity (Wildman–Crippen MR) is 66.6 cm³/mol. The molecule has 0 bridgehead atoms. The number of aromatic hydroxyl groups is 1. The van der Waals surface area contributed by atoms with E-state index in [9.17, 15) is 9.90 Å². The summed E-state index contributed by atoms with van der Waals surface area (Å²) in [6.07, 6.45) is 1.22. The molecule has 1 N–H and O–H groups in total. The van der Waals surface area contributed by atoms with Crippen LogP contribution in [0.3, 0.4) is 0 Å². The van der Waals surface area contributed by atoms with Crippen LogP contribution in [0.2, 0.25) is 0 Å². The van der Waals surface area contributed by atoms with Crippen LogP contribution in [-0.2, 0) is 4.74 Å². The zero-order chi connectivity index (χ0) is 12.6. The van der Waals surface area contributed by atoms with E-state index < -0.39 is 11.7 Å². The average Bonchev–Trinajstić information content (AvgIpc) is 2.57. The molecule has 2 aromatic rings. The molecule has 0 spiro atoms. The van der Waals surface area contributed by atoms with Crippen LogP contribution in [0.15, 0.2) is 24.3 Å². The molecule has 2 heterocycles. The number of ether oxygens (including phenoxy) is 1. The molecule has 0 aliphatic rings. The van der Waals surface area contributed by atoms with E-state index in [0.717, 1.165) is 10.8 Å². The van der Waals surface area contributed by atoms with E-state index in [1.807, 2.05) is 20.8 Å². The van der Waals surface area contributed by atoms with Gasteiger partial charge in [-0.25, -0.2) is 0 Å². The van der Waals surface area contributed by atoms with Crippen molar-refractivity contribution in [2.24, 2.45) is 0 Å². The Morgan fingerprint density at radius 2 is 2.18 bits per heavy atom. The van der Waals surface area contributed by atoms with E-state index in [1.165, 1.54) is 4.57 Å². The van der Waals surface area contributed by atoms with E-state index in [-0.39, 0.29) is 5.75 Å². The van der Waals surface area contributed by atoms with Gasteiger partial charge in [-0.15, -0.1) is 0 Å². The molecular weight excluding hydrogens is 217 g/mol. The Morgan fingerprint density at radius 1 is 1.47 bits per heavy atom. The Bertz CT molecular complexity index is 569. The number of carbonyl (C=O) groups excluding carboxylic acids is 1. The van der Waals surface area contributed by atoms with Crippen molar-refractivity contribution >= 4 is 23.8 Å². The predicted octanol–water partition coefficient (Wildman–Crippen LogP) is 2.47. The first kappa shape index (κ1) is 11.7. The Morgan fingerprint density at radius 3 is 2.82 bits per heavy atom. The first-order valence-corrected chi connectivity index (χ1v) is 5.40. The third-order valence-electron chi connectivity index (χ3n) is 2.26. The van der Waals surface area contributed by atoms with Gasteiger partial charge >= 0.3 is 99.4 Å². The van der Waals surface area contributed by atoms with E-state index in [0.29, 0.717) is 0 Å². The minimum atomic E-state index is -0.523. The summed E-state index contributed by atoms with van der Waals surface area (Å²) in [6, 6.07) is 3.37. The molecule has 0 radical (unpaired) electrons. The third-order valence-corrected chi connectivity index (χ3v) is 2.26. The summed E-state index contributed by atoms with van der Waals surface area (Å²) in [7, 11) is 0. The molecule has 17 heavy (non-hydrogen) atoms. The van der Waals surface area contributed by atoms with Crippen LogP contribution in [0.25, 0.3) is 10.8 Å². The second-order valence-corrected chi connectivity index (χ2v) is 4.91. The van der Waals surface area contributed by atoms with Crippen molar-refractivity contribution in [2.45, 2.75) is 26.4 Å². The molecule has 0 amide bonds. The van der Waals surface area contributed by atoms with Crippen molar-refractivity contribution in [3.05, 3.63) is 24.3 Å². The topological polar surface area (TPSA) is 51.5 Å². The molecule has 0 saturated heterocycles. The van der Waals surface area contributed by atoms with Crippen molar-refractivity contribution in [3.8, 4) is 5.75 Å². The average molecular weight is 231 g/mol. The van der Waals surface area contributed by atoms with Crippen LogP contribution in [0.4, 0.5) is 4.79 Å². The van der Waals surface area contributed by atoms with Gasteiger partial charge in [0.15, 0.2) is 0 Å². The van der Waals surface area contributed by atoms with Crippen molar-refractivity contribution in [1.82, 2.24) is 4.57 Å². The summed E-state index contributed by atoms with van der Waals surface area (Å²) in [5.41, 5.74) is 0.196. The number of hydrogen-bond donors (Lipinski definition) is 1. The Kier molecular flexibility index (Phi) is 2.69. The molecule has 0 atom stereocenters. The zero-order valence-corrected chi connectivity index (χ0v) is 10.1. The molecule has 0 aliphatic carbocycles. The van der Waals surface area contributed by atoms with Crippen molar-refractivity contribution in [1.29, 1.82) is 0 Å². The second-order valence-electron chi connectivity index (χ2n) is 4.91. The van der Waals surface area contributed by atoms with Crippen LogP contribution in [0, 0.1) is 0 Å². The molecule has 0 aromatic carbocycles. The number of nitrogens with zero attached hydrogens (tertiary/aromatic N) is 1. The van der Waals surface area contributed by atoms with Crippen LogP contribution in [0.1, 0.15) is 20.8 Å². The van der Waals surface area contributed by atoms with E-state index in [1.54, 1.807) is 31.2 Å². The Labute approximate surface area is 100 Å². The van der Waals surface area contributed by atoms with E-state index in [2.05, 4.69) is 0 Å². The van der Waals surface area contributed by atoms with Gasteiger partial charge in [-0.1, -0.05) is 0 Å². The molecule has 88 valence electrons. The van der Waals surface area contributed by atoms with Gasteiger partial charge in [-0.05, 0) is 0 Å². The van der Waals surface area contributed by atoms with Gasteiger partial charge in [0.05, 0.1) is 0 Å². The molecule has 5 heteroatoms. The molecule has 0 saturated carbocycles. The molecule has 0 fully saturated rings. The summed E-state index contributed by atoms with van der Waals surface area (Å²) in [4.78, 5) is 11.9. The maximum absolute atomic E-state index is 11.9. The maximum atomic E-state index is 11.9. The zero-order valence-electron chi connectivity index (χ0n) is 10.1. The summed E-state index contributed by atoms with van der Waals surface area (Å²) >= 11 is 0. The molecular formula is C12H14BNO3. The Balaban J connectivity index is 2.40. The van der Waals surface area contributed by atoms with E-state index in [4.69, 9.17) is 4.74 Å². The fraction of sp³-hybridized carbons (Fsp3) is 0.333. The van der Waals surface area contributed by atoms with Gasteiger partial charge in [0, 0.05) is 0 Å². The van der Waals surface area contributed by atoms with Crippen molar-refractivity contribution < 1.29 is 14.6 Å². The van der Waals surface area contributed by atoms with E-state index >= 15 is 0 Å². The Hall–Kier alpha value is -1.78. The molecule has 4 nitrogen and oxygen atoms in total. The van der Waals surface area contributed by atoms with Crippen LogP contribution in [0.5, 0.6) is 5.75 Å². The van der Waals surface area contributed by atoms with Crippen LogP contribution in [-0.4, -0.2) is 28.3 Å². The number of aromatic nitrogens is 1. The first-order valence-electron chi connectivity index (χ1n) is 5.40. The monoisotopic (exact) mass is 231 g/mol. The number of fused-ring (bicyclic) bond motifs is 1. The van der Waals surface area contributed by atoms with Crippen molar-refractivity contribution in [3.63, 3.8) is 0 Å².